The van der Waals surface area contributed by atoms with Crippen molar-refractivity contribution in [3.63, 3.8) is 0 Å². The Morgan fingerprint density at radius 1 is 1.09 bits per heavy atom. The van der Waals surface area contributed by atoms with Gasteiger partial charge in [0.05, 0.1) is 0 Å². The Hall–Kier alpha value is -2.01. The van der Waals surface area contributed by atoms with Crippen molar-refractivity contribution in [1.29, 1.82) is 0 Å². The summed E-state index contributed by atoms with van der Waals surface area (Å²) in [4.78, 5) is 14.8. The third-order valence-electron chi connectivity index (χ3n) is 3.77. The lowest BCUT2D eigenvalue weighted by Crippen LogP contribution is -2.33. The van der Waals surface area contributed by atoms with E-state index in [1.165, 1.54) is 18.0 Å². The van der Waals surface area contributed by atoms with Crippen LogP contribution in [0.4, 0.5) is 0 Å². The van der Waals surface area contributed by atoms with Gasteiger partial charge in [0, 0.05) is 25.2 Å². The molecule has 3 rings (SSSR count). The topological polar surface area (TPSA) is 47.2 Å². The Bertz CT molecular complexity index is 642. The van der Waals surface area contributed by atoms with E-state index in [1.54, 1.807) is 12.1 Å². The molecular formula is C17H18N2O2S. The first-order chi connectivity index (χ1) is 10.8. The fourth-order valence-corrected chi connectivity index (χ4v) is 3.72. The molecule has 0 saturated carbocycles. The van der Waals surface area contributed by atoms with Crippen molar-refractivity contribution >= 4 is 17.7 Å². The Morgan fingerprint density at radius 2 is 1.77 bits per heavy atom. The molecule has 1 amide bonds. The minimum absolute atomic E-state index is 0.0950. The van der Waals surface area contributed by atoms with Crippen LogP contribution in [-0.2, 0) is 4.79 Å². The van der Waals surface area contributed by atoms with E-state index in [0.717, 1.165) is 36.2 Å². The van der Waals surface area contributed by atoms with Crippen LogP contribution in [0.1, 0.15) is 23.7 Å². The Morgan fingerprint density at radius 3 is 2.45 bits per heavy atom. The molecule has 1 saturated heterocycles. The molecule has 2 heterocycles. The number of carbonyl (C=O) groups excluding carboxylic acids is 1. The molecule has 0 bridgehead atoms. The summed E-state index contributed by atoms with van der Waals surface area (Å²) < 4.78 is 0.817. The first-order valence-corrected chi connectivity index (χ1v) is 8.32. The van der Waals surface area contributed by atoms with Gasteiger partial charge >= 0.3 is 0 Å². The summed E-state index contributed by atoms with van der Waals surface area (Å²) in [7, 11) is 0. The first-order valence-electron chi connectivity index (χ1n) is 7.44. The molecule has 5 heteroatoms. The molecule has 1 fully saturated rings. The number of hydrogen-bond donors (Lipinski definition) is 0. The second-order valence-corrected chi connectivity index (χ2v) is 6.43. The Labute approximate surface area is 134 Å². The molecule has 114 valence electrons. The summed E-state index contributed by atoms with van der Waals surface area (Å²) in [5, 5.41) is 12.1. The minimum Gasteiger partial charge on any atom is -0.618 e. The minimum atomic E-state index is -0.373. The van der Waals surface area contributed by atoms with Crippen molar-refractivity contribution in [2.45, 2.75) is 23.1 Å². The molecule has 0 spiro atoms. The third kappa shape index (κ3) is 3.25. The number of amides is 1. The molecule has 1 aliphatic rings. The Kier molecular flexibility index (Phi) is 4.63. The van der Waals surface area contributed by atoms with Crippen LogP contribution in [-0.4, -0.2) is 23.9 Å². The molecule has 0 unspecified atom stereocenters. The zero-order valence-electron chi connectivity index (χ0n) is 12.2. The molecule has 1 aromatic carbocycles. The molecular weight excluding hydrogens is 296 g/mol. The molecule has 1 aliphatic heterocycles. The fraction of sp³-hybridized carbons (Fsp3) is 0.294. The van der Waals surface area contributed by atoms with Crippen molar-refractivity contribution < 1.29 is 9.52 Å². The second kappa shape index (κ2) is 6.83. The monoisotopic (exact) mass is 314 g/mol. The zero-order valence-corrected chi connectivity index (χ0v) is 13.0. The van der Waals surface area contributed by atoms with Gasteiger partial charge < -0.3 is 10.1 Å². The lowest BCUT2D eigenvalue weighted by molar-refractivity contribution is -0.645. The smallest absolute Gasteiger partial charge is 0.252 e. The largest absolute Gasteiger partial charge is 0.618 e. The van der Waals surface area contributed by atoms with E-state index in [1.807, 2.05) is 41.3 Å². The van der Waals surface area contributed by atoms with E-state index < -0.39 is 0 Å². The quantitative estimate of drug-likeness (QED) is 0.495. The van der Waals surface area contributed by atoms with Crippen molar-refractivity contribution in [2.24, 2.45) is 0 Å². The lowest BCUT2D eigenvalue weighted by Gasteiger charge is -2.22. The van der Waals surface area contributed by atoms with Gasteiger partial charge in [-0.15, -0.1) is 0 Å². The van der Waals surface area contributed by atoms with E-state index in [-0.39, 0.29) is 11.2 Å². The van der Waals surface area contributed by atoms with Crippen molar-refractivity contribution in [3.8, 4) is 0 Å². The van der Waals surface area contributed by atoms with Crippen LogP contribution < -0.4 is 4.73 Å². The highest BCUT2D eigenvalue weighted by molar-refractivity contribution is 8.00. The van der Waals surface area contributed by atoms with Crippen LogP contribution in [0.5, 0.6) is 0 Å². The van der Waals surface area contributed by atoms with Crippen LogP contribution in [0.3, 0.4) is 0 Å². The highest BCUT2D eigenvalue weighted by Crippen LogP contribution is 2.35. The van der Waals surface area contributed by atoms with E-state index in [4.69, 9.17) is 0 Å². The number of nitrogens with zero attached hydrogens (tertiary/aromatic N) is 2. The summed E-state index contributed by atoms with van der Waals surface area (Å²) in [6.07, 6.45) is 3.58. The number of benzene rings is 1. The average Bonchev–Trinajstić information content (AvgIpc) is 3.09. The van der Waals surface area contributed by atoms with E-state index in [9.17, 15) is 10.0 Å². The van der Waals surface area contributed by atoms with Crippen LogP contribution >= 0.6 is 11.8 Å². The maximum atomic E-state index is 12.9. The van der Waals surface area contributed by atoms with Crippen LogP contribution in [0.25, 0.3) is 0 Å². The van der Waals surface area contributed by atoms with E-state index >= 15 is 0 Å². The molecule has 1 atom stereocenters. The van der Waals surface area contributed by atoms with Crippen LogP contribution in [0, 0.1) is 5.21 Å². The third-order valence-corrected chi connectivity index (χ3v) is 5.04. The summed E-state index contributed by atoms with van der Waals surface area (Å²) in [5.74, 6) is 0.0950. The zero-order chi connectivity index (χ0) is 15.4. The van der Waals surface area contributed by atoms with Gasteiger partial charge in [0.25, 0.3) is 5.03 Å². The van der Waals surface area contributed by atoms with E-state index in [0.29, 0.717) is 5.03 Å². The van der Waals surface area contributed by atoms with Gasteiger partial charge in [-0.3, -0.25) is 4.79 Å². The molecule has 2 aromatic rings. The van der Waals surface area contributed by atoms with Crippen molar-refractivity contribution in [1.82, 2.24) is 4.90 Å². The lowest BCUT2D eigenvalue weighted by atomic mass is 10.1. The molecule has 0 N–H and O–H groups in total. The van der Waals surface area contributed by atoms with E-state index in [2.05, 4.69) is 0 Å². The summed E-state index contributed by atoms with van der Waals surface area (Å²) in [6.45, 7) is 1.63. The predicted octanol–water partition coefficient (Wildman–Crippen LogP) is 2.78. The predicted molar refractivity (Wildman–Crippen MR) is 86.3 cm³/mol. The maximum absolute atomic E-state index is 12.9. The number of rotatable bonds is 4. The van der Waals surface area contributed by atoms with Crippen LogP contribution in [0.2, 0.25) is 0 Å². The molecule has 0 aliphatic carbocycles. The highest BCUT2D eigenvalue weighted by Gasteiger charge is 2.30. The number of likely N-dealkylation sites (tertiary alicyclic amines) is 1. The fourth-order valence-electron chi connectivity index (χ4n) is 2.62. The van der Waals surface area contributed by atoms with Crippen molar-refractivity contribution in [2.75, 3.05) is 13.1 Å². The SMILES string of the molecule is O=C([C@H](Sc1cccc[n+]1[O-])c1ccccc1)N1CCCC1. The number of thioether (sulfide) groups is 1. The van der Waals surface area contributed by atoms with Gasteiger partial charge in [0.15, 0.2) is 6.20 Å². The van der Waals surface area contributed by atoms with Gasteiger partial charge in [-0.1, -0.05) is 30.3 Å². The first kappa shape index (κ1) is 14.9. The highest BCUT2D eigenvalue weighted by atomic mass is 32.2. The van der Waals surface area contributed by atoms with Crippen molar-refractivity contribution in [3.05, 3.63) is 65.5 Å². The average molecular weight is 314 g/mol. The molecule has 1 aromatic heterocycles. The maximum Gasteiger partial charge on any atom is 0.252 e. The van der Waals surface area contributed by atoms with Gasteiger partial charge in [-0.05, 0) is 36.2 Å². The Balaban J connectivity index is 1.89. The summed E-state index contributed by atoms with van der Waals surface area (Å²) in [5.41, 5.74) is 0.938. The molecule has 22 heavy (non-hydrogen) atoms. The van der Waals surface area contributed by atoms with Crippen LogP contribution in [0.15, 0.2) is 59.8 Å². The molecule has 0 radical (unpaired) electrons. The van der Waals surface area contributed by atoms with Gasteiger partial charge in [-0.25, -0.2) is 0 Å². The standard InChI is InChI=1S/C17H18N2O2S/c20-17(18-11-6-7-12-18)16(14-8-2-1-3-9-14)22-15-10-4-5-13-19(15)21/h1-5,8-10,13,16H,6-7,11-12H2/t16-/m1/s1. The van der Waals surface area contributed by atoms with Gasteiger partial charge in [-0.2, -0.15) is 4.73 Å². The number of pyridine rings is 1. The molecule has 4 nitrogen and oxygen atoms in total. The number of aromatic nitrogens is 1. The summed E-state index contributed by atoms with van der Waals surface area (Å²) in [6, 6.07) is 14.9. The second-order valence-electron chi connectivity index (χ2n) is 5.31. The number of hydrogen-bond acceptors (Lipinski definition) is 3. The normalized spacial score (nSPS) is 15.7. The van der Waals surface area contributed by atoms with Gasteiger partial charge in [0.1, 0.15) is 5.25 Å². The number of carbonyl (C=O) groups is 1. The van der Waals surface area contributed by atoms with Gasteiger partial charge in [0.2, 0.25) is 5.91 Å². The summed E-state index contributed by atoms with van der Waals surface area (Å²) >= 11 is 1.32.